The van der Waals surface area contributed by atoms with Crippen molar-refractivity contribution in [1.82, 2.24) is 15.2 Å². The van der Waals surface area contributed by atoms with E-state index in [2.05, 4.69) is 22.1 Å². The summed E-state index contributed by atoms with van der Waals surface area (Å²) in [5, 5.41) is 8.34. The molecule has 0 saturated carbocycles. The number of aromatic nitrogens is 3. The number of piperidine rings is 1. The first kappa shape index (κ1) is 16.7. The molecule has 1 aliphatic heterocycles. The van der Waals surface area contributed by atoms with E-state index in [1.54, 1.807) is 6.20 Å². The molecule has 128 valence electrons. The molecule has 24 heavy (non-hydrogen) atoms. The molecule has 3 rings (SSSR count). The van der Waals surface area contributed by atoms with Gasteiger partial charge in [0.05, 0.1) is 17.5 Å². The van der Waals surface area contributed by atoms with Gasteiger partial charge in [0.15, 0.2) is 0 Å². The lowest BCUT2D eigenvalue weighted by atomic mass is 9.90. The van der Waals surface area contributed by atoms with E-state index in [9.17, 15) is 13.2 Å². The largest absolute Gasteiger partial charge is 0.417 e. The maximum atomic E-state index is 12.6. The Morgan fingerprint density at radius 3 is 2.38 bits per heavy atom. The molecule has 0 bridgehead atoms. The van der Waals surface area contributed by atoms with E-state index < -0.39 is 11.7 Å². The van der Waals surface area contributed by atoms with Crippen molar-refractivity contribution < 1.29 is 13.2 Å². The van der Waals surface area contributed by atoms with Crippen LogP contribution in [0, 0.1) is 13.8 Å². The van der Waals surface area contributed by atoms with E-state index in [0.717, 1.165) is 49.5 Å². The normalized spacial score (nSPS) is 16.5. The van der Waals surface area contributed by atoms with Gasteiger partial charge in [0.2, 0.25) is 0 Å². The van der Waals surface area contributed by atoms with Gasteiger partial charge in [-0.15, -0.1) is 0 Å². The molecule has 4 nitrogen and oxygen atoms in total. The quantitative estimate of drug-likeness (QED) is 0.834. The second-order valence-electron chi connectivity index (χ2n) is 6.20. The Labute approximate surface area is 138 Å². The number of hydrogen-bond donors (Lipinski definition) is 0. The van der Waals surface area contributed by atoms with E-state index in [1.165, 1.54) is 11.6 Å². The maximum absolute atomic E-state index is 12.6. The average molecular weight is 336 g/mol. The zero-order valence-corrected chi connectivity index (χ0v) is 13.6. The smallest absolute Gasteiger partial charge is 0.357 e. The molecule has 0 atom stereocenters. The van der Waals surface area contributed by atoms with Gasteiger partial charge in [-0.05, 0) is 49.9 Å². The molecule has 1 fully saturated rings. The molecule has 0 radical (unpaired) electrons. The molecular formula is C17H19F3N4. The minimum atomic E-state index is -4.35. The van der Waals surface area contributed by atoms with Crippen LogP contribution in [-0.2, 0) is 6.18 Å². The van der Waals surface area contributed by atoms with Crippen LogP contribution in [0.2, 0.25) is 0 Å². The Hall–Kier alpha value is -2.18. The highest BCUT2D eigenvalue weighted by atomic mass is 19.4. The summed E-state index contributed by atoms with van der Waals surface area (Å²) in [6.07, 6.45) is 0.0981. The number of pyridine rings is 1. The van der Waals surface area contributed by atoms with Crippen molar-refractivity contribution in [3.05, 3.63) is 46.9 Å². The highest BCUT2D eigenvalue weighted by molar-refractivity contribution is 5.41. The summed E-state index contributed by atoms with van der Waals surface area (Å²) in [6.45, 7) is 5.58. The Kier molecular flexibility index (Phi) is 4.43. The van der Waals surface area contributed by atoms with Gasteiger partial charge in [-0.2, -0.15) is 23.4 Å². The van der Waals surface area contributed by atoms with Crippen molar-refractivity contribution in [3.8, 4) is 0 Å². The zero-order chi connectivity index (χ0) is 17.3. The first-order chi connectivity index (χ1) is 11.4. The van der Waals surface area contributed by atoms with Crippen LogP contribution < -0.4 is 4.90 Å². The fourth-order valence-corrected chi connectivity index (χ4v) is 3.06. The van der Waals surface area contributed by atoms with Gasteiger partial charge in [-0.3, -0.25) is 0 Å². The van der Waals surface area contributed by atoms with Gasteiger partial charge in [-0.1, -0.05) is 0 Å². The summed E-state index contributed by atoms with van der Waals surface area (Å²) in [5.74, 6) is 0.927. The monoisotopic (exact) mass is 336 g/mol. The van der Waals surface area contributed by atoms with Crippen LogP contribution in [0.1, 0.15) is 41.1 Å². The zero-order valence-electron chi connectivity index (χ0n) is 13.6. The van der Waals surface area contributed by atoms with Crippen molar-refractivity contribution >= 4 is 5.82 Å². The van der Waals surface area contributed by atoms with Gasteiger partial charge in [-0.25, -0.2) is 4.98 Å². The Balaban J connectivity index is 1.68. The predicted molar refractivity (Wildman–Crippen MR) is 84.9 cm³/mol. The minimum absolute atomic E-state index is 0.336. The molecule has 0 N–H and O–H groups in total. The molecular weight excluding hydrogens is 317 g/mol. The van der Waals surface area contributed by atoms with E-state index in [0.29, 0.717) is 11.7 Å². The fourth-order valence-electron chi connectivity index (χ4n) is 3.06. The molecule has 2 aromatic rings. The van der Waals surface area contributed by atoms with Crippen LogP contribution in [0.4, 0.5) is 19.0 Å². The maximum Gasteiger partial charge on any atom is 0.417 e. The molecule has 3 heterocycles. The lowest BCUT2D eigenvalue weighted by Gasteiger charge is -2.33. The first-order valence-corrected chi connectivity index (χ1v) is 7.93. The van der Waals surface area contributed by atoms with E-state index in [4.69, 9.17) is 0 Å². The van der Waals surface area contributed by atoms with Crippen LogP contribution in [0.3, 0.4) is 0 Å². The number of hydrogen-bond acceptors (Lipinski definition) is 4. The van der Waals surface area contributed by atoms with Crippen molar-refractivity contribution in [2.75, 3.05) is 18.0 Å². The van der Waals surface area contributed by atoms with E-state index in [-0.39, 0.29) is 0 Å². The number of alkyl halides is 3. The molecule has 0 unspecified atom stereocenters. The second kappa shape index (κ2) is 6.37. The van der Waals surface area contributed by atoms with Crippen LogP contribution in [0.25, 0.3) is 0 Å². The van der Waals surface area contributed by atoms with E-state index in [1.807, 2.05) is 11.8 Å². The highest BCUT2D eigenvalue weighted by Gasteiger charge is 2.31. The topological polar surface area (TPSA) is 41.9 Å². The molecule has 0 aromatic carbocycles. The van der Waals surface area contributed by atoms with Gasteiger partial charge >= 0.3 is 6.18 Å². The van der Waals surface area contributed by atoms with E-state index >= 15 is 0 Å². The Bertz CT molecular complexity index is 705. The number of nitrogens with zero attached hydrogens (tertiary/aromatic N) is 4. The number of anilines is 1. The molecule has 0 amide bonds. The second-order valence-corrected chi connectivity index (χ2v) is 6.20. The number of rotatable bonds is 2. The summed E-state index contributed by atoms with van der Waals surface area (Å²) in [7, 11) is 0. The third-order valence-electron chi connectivity index (χ3n) is 4.67. The van der Waals surface area contributed by atoms with Crippen LogP contribution >= 0.6 is 0 Å². The molecule has 1 saturated heterocycles. The van der Waals surface area contributed by atoms with Crippen molar-refractivity contribution in [1.29, 1.82) is 0 Å². The predicted octanol–water partition coefficient (Wildman–Crippen LogP) is 3.89. The summed E-state index contributed by atoms with van der Waals surface area (Å²) < 4.78 is 37.8. The molecule has 0 spiro atoms. The summed E-state index contributed by atoms with van der Waals surface area (Å²) >= 11 is 0. The summed E-state index contributed by atoms with van der Waals surface area (Å²) in [6, 6.07) is 2.53. The molecule has 0 aliphatic carbocycles. The van der Waals surface area contributed by atoms with Crippen LogP contribution in [0.15, 0.2) is 24.5 Å². The Morgan fingerprint density at radius 1 is 1.08 bits per heavy atom. The lowest BCUT2D eigenvalue weighted by Crippen LogP contribution is -2.34. The molecule has 7 heteroatoms. The van der Waals surface area contributed by atoms with Crippen molar-refractivity contribution in [2.24, 2.45) is 0 Å². The third kappa shape index (κ3) is 3.34. The SMILES string of the molecule is Cc1cnnc(C2CCN(c3ccc(C(F)(F)F)cn3)CC2)c1C. The van der Waals surface area contributed by atoms with Crippen molar-refractivity contribution in [2.45, 2.75) is 38.8 Å². The number of halogens is 3. The third-order valence-corrected chi connectivity index (χ3v) is 4.67. The molecule has 2 aromatic heterocycles. The summed E-state index contributed by atoms with van der Waals surface area (Å²) in [5.41, 5.74) is 2.63. The number of aryl methyl sites for hydroxylation is 1. The fraction of sp³-hybridized carbons (Fsp3) is 0.471. The summed E-state index contributed by atoms with van der Waals surface area (Å²) in [4.78, 5) is 6.00. The Morgan fingerprint density at radius 2 is 1.79 bits per heavy atom. The van der Waals surface area contributed by atoms with Gasteiger partial charge in [0.25, 0.3) is 0 Å². The minimum Gasteiger partial charge on any atom is -0.357 e. The van der Waals surface area contributed by atoms with Crippen LogP contribution in [-0.4, -0.2) is 28.3 Å². The van der Waals surface area contributed by atoms with Gasteiger partial charge in [0, 0.05) is 25.2 Å². The highest BCUT2D eigenvalue weighted by Crippen LogP contribution is 2.32. The van der Waals surface area contributed by atoms with Gasteiger partial charge in [0.1, 0.15) is 5.82 Å². The van der Waals surface area contributed by atoms with Crippen molar-refractivity contribution in [3.63, 3.8) is 0 Å². The first-order valence-electron chi connectivity index (χ1n) is 7.93. The van der Waals surface area contributed by atoms with Gasteiger partial charge < -0.3 is 4.90 Å². The average Bonchev–Trinajstić information content (AvgIpc) is 2.57. The van der Waals surface area contributed by atoms with Crippen LogP contribution in [0.5, 0.6) is 0 Å². The standard InChI is InChI=1S/C17H19F3N4/c1-11-9-22-23-16(12(11)2)13-5-7-24(8-6-13)15-4-3-14(10-21-15)17(18,19)20/h3-4,9-10,13H,5-8H2,1-2H3. The molecule has 1 aliphatic rings. The lowest BCUT2D eigenvalue weighted by molar-refractivity contribution is -0.137.